The van der Waals surface area contributed by atoms with Gasteiger partial charge in [0.15, 0.2) is 0 Å². The predicted molar refractivity (Wildman–Crippen MR) is 87.5 cm³/mol. The second kappa shape index (κ2) is 6.91. The molecule has 3 heteroatoms. The number of halogens is 1. The Kier molecular flexibility index (Phi) is 5.21. The van der Waals surface area contributed by atoms with Crippen molar-refractivity contribution in [2.75, 3.05) is 6.54 Å². The topological polar surface area (TPSA) is 35.2 Å². The van der Waals surface area contributed by atoms with E-state index in [9.17, 15) is 0 Å². The van der Waals surface area contributed by atoms with Gasteiger partial charge in [0.2, 0.25) is 0 Å². The third kappa shape index (κ3) is 3.84. The maximum atomic E-state index is 5.99. The zero-order chi connectivity index (χ0) is 14.5. The Morgan fingerprint density at radius 2 is 1.80 bits per heavy atom. The monoisotopic (exact) mass is 333 g/mol. The first-order valence-electron chi connectivity index (χ1n) is 6.86. The summed E-state index contributed by atoms with van der Waals surface area (Å²) in [6.45, 7) is 4.98. The molecule has 106 valence electrons. The highest BCUT2D eigenvalue weighted by atomic mass is 79.9. The fourth-order valence-electron chi connectivity index (χ4n) is 2.03. The van der Waals surface area contributed by atoms with Crippen molar-refractivity contribution >= 4 is 15.9 Å². The lowest BCUT2D eigenvalue weighted by molar-refractivity contribution is 0.475. The fourth-order valence-corrected chi connectivity index (χ4v) is 2.37. The molecule has 0 aromatic heterocycles. The van der Waals surface area contributed by atoms with Gasteiger partial charge in [-0.25, -0.2) is 0 Å². The molecule has 0 saturated heterocycles. The van der Waals surface area contributed by atoms with Gasteiger partial charge < -0.3 is 10.5 Å². The summed E-state index contributed by atoms with van der Waals surface area (Å²) in [5.41, 5.74) is 8.09. The molecule has 2 aromatic rings. The summed E-state index contributed by atoms with van der Waals surface area (Å²) in [6.07, 6.45) is 0.812. The van der Waals surface area contributed by atoms with Gasteiger partial charge in [0.1, 0.15) is 11.5 Å². The number of benzene rings is 2. The van der Waals surface area contributed by atoms with Crippen molar-refractivity contribution in [1.29, 1.82) is 0 Å². The van der Waals surface area contributed by atoms with Gasteiger partial charge in [-0.05, 0) is 54.3 Å². The Hall–Kier alpha value is -1.32. The molecule has 0 saturated carbocycles. The van der Waals surface area contributed by atoms with E-state index in [4.69, 9.17) is 10.5 Å². The predicted octanol–water partition coefficient (Wildman–Crippen LogP) is 4.87. The summed E-state index contributed by atoms with van der Waals surface area (Å²) in [5, 5.41) is 0. The van der Waals surface area contributed by atoms with Gasteiger partial charge in [-0.15, -0.1) is 0 Å². The van der Waals surface area contributed by atoms with Crippen molar-refractivity contribution in [3.05, 3.63) is 58.1 Å². The Morgan fingerprint density at radius 1 is 1.10 bits per heavy atom. The highest BCUT2D eigenvalue weighted by Gasteiger charge is 2.06. The summed E-state index contributed by atoms with van der Waals surface area (Å²) in [5.74, 6) is 2.25. The number of ether oxygens (including phenoxy) is 1. The molecule has 0 spiro atoms. The van der Waals surface area contributed by atoms with Crippen LogP contribution in [0.4, 0.5) is 0 Å². The van der Waals surface area contributed by atoms with Crippen LogP contribution in [-0.4, -0.2) is 6.54 Å². The molecule has 0 amide bonds. The Labute approximate surface area is 129 Å². The summed E-state index contributed by atoms with van der Waals surface area (Å²) >= 11 is 3.48. The summed E-state index contributed by atoms with van der Waals surface area (Å²) in [6, 6.07) is 14.3. The smallest absolute Gasteiger partial charge is 0.131 e. The summed E-state index contributed by atoms with van der Waals surface area (Å²) < 4.78 is 7.00. The van der Waals surface area contributed by atoms with Gasteiger partial charge in [0.25, 0.3) is 0 Å². The maximum Gasteiger partial charge on any atom is 0.131 e. The SMILES string of the molecule is CC(C)c1ccc(Oc2cc(Br)ccc2CCN)cc1. The number of nitrogens with two attached hydrogens (primary N) is 1. The lowest BCUT2D eigenvalue weighted by Gasteiger charge is -2.12. The van der Waals surface area contributed by atoms with Gasteiger partial charge in [0, 0.05) is 4.47 Å². The van der Waals surface area contributed by atoms with Gasteiger partial charge in [-0.1, -0.05) is 48.0 Å². The minimum absolute atomic E-state index is 0.530. The van der Waals surface area contributed by atoms with Crippen LogP contribution in [0.5, 0.6) is 11.5 Å². The molecule has 0 aliphatic heterocycles. The van der Waals surface area contributed by atoms with E-state index in [1.54, 1.807) is 0 Å². The van der Waals surface area contributed by atoms with Crippen LogP contribution >= 0.6 is 15.9 Å². The number of hydrogen-bond acceptors (Lipinski definition) is 2. The van der Waals surface area contributed by atoms with E-state index in [1.807, 2.05) is 24.3 Å². The van der Waals surface area contributed by atoms with Crippen molar-refractivity contribution in [3.63, 3.8) is 0 Å². The van der Waals surface area contributed by atoms with E-state index >= 15 is 0 Å². The second-order valence-electron chi connectivity index (χ2n) is 5.12. The van der Waals surface area contributed by atoms with Crippen LogP contribution in [0.1, 0.15) is 30.9 Å². The summed E-state index contributed by atoms with van der Waals surface area (Å²) in [4.78, 5) is 0. The Morgan fingerprint density at radius 3 is 2.40 bits per heavy atom. The molecule has 0 aliphatic rings. The van der Waals surface area contributed by atoms with E-state index < -0.39 is 0 Å². The third-order valence-corrected chi connectivity index (χ3v) is 3.71. The van der Waals surface area contributed by atoms with Gasteiger partial charge in [-0.3, -0.25) is 0 Å². The molecule has 0 bridgehead atoms. The molecule has 0 heterocycles. The largest absolute Gasteiger partial charge is 0.457 e. The van der Waals surface area contributed by atoms with Crippen LogP contribution < -0.4 is 10.5 Å². The van der Waals surface area contributed by atoms with Gasteiger partial charge >= 0.3 is 0 Å². The first-order valence-corrected chi connectivity index (χ1v) is 7.65. The molecule has 2 rings (SSSR count). The minimum Gasteiger partial charge on any atom is -0.457 e. The second-order valence-corrected chi connectivity index (χ2v) is 6.03. The molecule has 0 atom stereocenters. The van der Waals surface area contributed by atoms with E-state index in [2.05, 4.69) is 48.0 Å². The molecule has 0 radical (unpaired) electrons. The summed E-state index contributed by atoms with van der Waals surface area (Å²) in [7, 11) is 0. The average Bonchev–Trinajstić information content (AvgIpc) is 2.42. The van der Waals surface area contributed by atoms with Crippen LogP contribution in [0.15, 0.2) is 46.9 Å². The van der Waals surface area contributed by atoms with Crippen LogP contribution in [-0.2, 0) is 6.42 Å². The zero-order valence-electron chi connectivity index (χ0n) is 11.9. The van der Waals surface area contributed by atoms with E-state index in [0.717, 1.165) is 28.0 Å². The molecule has 0 fully saturated rings. The highest BCUT2D eigenvalue weighted by Crippen LogP contribution is 2.29. The van der Waals surface area contributed by atoms with Crippen LogP contribution in [0.25, 0.3) is 0 Å². The number of rotatable bonds is 5. The molecular weight excluding hydrogens is 314 g/mol. The quantitative estimate of drug-likeness (QED) is 0.847. The third-order valence-electron chi connectivity index (χ3n) is 3.22. The molecular formula is C17H20BrNO. The standard InChI is InChI=1S/C17H20BrNO/c1-12(2)13-4-7-16(8-5-13)20-17-11-15(18)6-3-14(17)9-10-19/h3-8,11-12H,9-10,19H2,1-2H3. The van der Waals surface area contributed by atoms with Gasteiger partial charge in [-0.2, -0.15) is 0 Å². The lowest BCUT2D eigenvalue weighted by Crippen LogP contribution is -2.04. The van der Waals surface area contributed by atoms with E-state index in [1.165, 1.54) is 5.56 Å². The van der Waals surface area contributed by atoms with E-state index in [0.29, 0.717) is 12.5 Å². The van der Waals surface area contributed by atoms with Crippen LogP contribution in [0.2, 0.25) is 0 Å². The molecule has 0 unspecified atom stereocenters. The first-order chi connectivity index (χ1) is 9.60. The average molecular weight is 334 g/mol. The van der Waals surface area contributed by atoms with Crippen LogP contribution in [0.3, 0.4) is 0 Å². The lowest BCUT2D eigenvalue weighted by atomic mass is 10.0. The molecule has 2 aromatic carbocycles. The molecule has 2 N–H and O–H groups in total. The Balaban J connectivity index is 2.22. The van der Waals surface area contributed by atoms with Crippen molar-refractivity contribution < 1.29 is 4.74 Å². The van der Waals surface area contributed by atoms with Crippen molar-refractivity contribution in [2.45, 2.75) is 26.2 Å². The first kappa shape index (κ1) is 15.1. The zero-order valence-corrected chi connectivity index (χ0v) is 13.5. The highest BCUT2D eigenvalue weighted by molar-refractivity contribution is 9.10. The Bertz CT molecular complexity index is 564. The van der Waals surface area contributed by atoms with E-state index in [-0.39, 0.29) is 0 Å². The number of hydrogen-bond donors (Lipinski definition) is 1. The van der Waals surface area contributed by atoms with Crippen molar-refractivity contribution in [1.82, 2.24) is 0 Å². The van der Waals surface area contributed by atoms with Crippen LogP contribution in [0, 0.1) is 0 Å². The van der Waals surface area contributed by atoms with Gasteiger partial charge in [0.05, 0.1) is 0 Å². The van der Waals surface area contributed by atoms with Crippen molar-refractivity contribution in [3.8, 4) is 11.5 Å². The molecule has 2 nitrogen and oxygen atoms in total. The molecule has 20 heavy (non-hydrogen) atoms. The maximum absolute atomic E-state index is 5.99. The minimum atomic E-state index is 0.530. The van der Waals surface area contributed by atoms with Crippen molar-refractivity contribution in [2.24, 2.45) is 5.73 Å². The normalized spacial score (nSPS) is 10.8. The molecule has 0 aliphatic carbocycles. The fraction of sp³-hybridized carbons (Fsp3) is 0.294.